The first-order valence-corrected chi connectivity index (χ1v) is 6.97. The van der Waals surface area contributed by atoms with Crippen molar-refractivity contribution in [2.24, 2.45) is 0 Å². The van der Waals surface area contributed by atoms with Gasteiger partial charge in [-0.25, -0.2) is 0 Å². The fourth-order valence-corrected chi connectivity index (χ4v) is 1.92. The van der Waals surface area contributed by atoms with Crippen LogP contribution in [0, 0.1) is 0 Å². The second-order valence-electron chi connectivity index (χ2n) is 4.83. The van der Waals surface area contributed by atoms with E-state index in [2.05, 4.69) is 5.32 Å². The van der Waals surface area contributed by atoms with E-state index in [1.807, 2.05) is 42.5 Å². The van der Waals surface area contributed by atoms with Gasteiger partial charge in [-0.2, -0.15) is 0 Å². The maximum absolute atomic E-state index is 12.0. The molecular formula is C17H20N2O2. The SMILES string of the molecule is CC(OCCc1ccccc1)C(=O)Nc1ccccc1N. The molecule has 2 aromatic rings. The summed E-state index contributed by atoms with van der Waals surface area (Å²) in [5.74, 6) is -0.194. The van der Waals surface area contributed by atoms with Gasteiger partial charge in [0.2, 0.25) is 0 Å². The van der Waals surface area contributed by atoms with Gasteiger partial charge in [-0.1, -0.05) is 42.5 Å². The van der Waals surface area contributed by atoms with Gasteiger partial charge in [-0.3, -0.25) is 4.79 Å². The summed E-state index contributed by atoms with van der Waals surface area (Å²) >= 11 is 0. The Morgan fingerprint density at radius 3 is 2.52 bits per heavy atom. The summed E-state index contributed by atoms with van der Waals surface area (Å²) in [6.07, 6.45) is 0.264. The second kappa shape index (κ2) is 7.45. The Balaban J connectivity index is 1.79. The van der Waals surface area contributed by atoms with Crippen LogP contribution in [0.15, 0.2) is 54.6 Å². The summed E-state index contributed by atoms with van der Waals surface area (Å²) in [6, 6.07) is 17.2. The Hall–Kier alpha value is -2.33. The van der Waals surface area contributed by atoms with E-state index in [9.17, 15) is 4.79 Å². The lowest BCUT2D eigenvalue weighted by molar-refractivity contribution is -0.126. The fraction of sp³-hybridized carbons (Fsp3) is 0.235. The van der Waals surface area contributed by atoms with Gasteiger partial charge < -0.3 is 15.8 Å². The highest BCUT2D eigenvalue weighted by Crippen LogP contribution is 2.17. The topological polar surface area (TPSA) is 64.3 Å². The van der Waals surface area contributed by atoms with Crippen LogP contribution in [-0.2, 0) is 16.0 Å². The molecule has 0 saturated heterocycles. The van der Waals surface area contributed by atoms with Crippen LogP contribution in [0.2, 0.25) is 0 Å². The van der Waals surface area contributed by atoms with Crippen molar-refractivity contribution in [1.82, 2.24) is 0 Å². The lowest BCUT2D eigenvalue weighted by atomic mass is 10.2. The van der Waals surface area contributed by atoms with Crippen LogP contribution in [0.1, 0.15) is 12.5 Å². The molecule has 0 fully saturated rings. The molecule has 0 saturated carbocycles. The first kappa shape index (κ1) is 15.1. The maximum Gasteiger partial charge on any atom is 0.253 e. The first-order chi connectivity index (χ1) is 10.2. The van der Waals surface area contributed by atoms with E-state index >= 15 is 0 Å². The van der Waals surface area contributed by atoms with E-state index in [1.165, 1.54) is 5.56 Å². The number of hydrogen-bond donors (Lipinski definition) is 2. The number of hydrogen-bond acceptors (Lipinski definition) is 3. The third-order valence-corrected chi connectivity index (χ3v) is 3.19. The molecule has 0 aliphatic carbocycles. The smallest absolute Gasteiger partial charge is 0.253 e. The third-order valence-electron chi connectivity index (χ3n) is 3.19. The van der Waals surface area contributed by atoms with Crippen LogP contribution in [0.3, 0.4) is 0 Å². The molecule has 0 aromatic heterocycles. The summed E-state index contributed by atoms with van der Waals surface area (Å²) in [7, 11) is 0. The van der Waals surface area contributed by atoms with E-state index < -0.39 is 6.10 Å². The molecule has 2 rings (SSSR count). The van der Waals surface area contributed by atoms with E-state index in [4.69, 9.17) is 10.5 Å². The monoisotopic (exact) mass is 284 g/mol. The highest BCUT2D eigenvalue weighted by Gasteiger charge is 2.14. The minimum Gasteiger partial charge on any atom is -0.397 e. The predicted octanol–water partition coefficient (Wildman–Crippen LogP) is 2.86. The Morgan fingerprint density at radius 1 is 1.14 bits per heavy atom. The van der Waals surface area contributed by atoms with Crippen molar-refractivity contribution in [1.29, 1.82) is 0 Å². The number of nitrogens with two attached hydrogens (primary N) is 1. The van der Waals surface area contributed by atoms with Crippen molar-refractivity contribution >= 4 is 17.3 Å². The van der Waals surface area contributed by atoms with Crippen molar-refractivity contribution in [3.63, 3.8) is 0 Å². The highest BCUT2D eigenvalue weighted by molar-refractivity contribution is 5.96. The largest absolute Gasteiger partial charge is 0.397 e. The van der Waals surface area contributed by atoms with Crippen molar-refractivity contribution in [3.05, 3.63) is 60.2 Å². The Morgan fingerprint density at radius 2 is 1.81 bits per heavy atom. The number of benzene rings is 2. The number of amides is 1. The van der Waals surface area contributed by atoms with Gasteiger partial charge in [0, 0.05) is 0 Å². The van der Waals surface area contributed by atoms with Crippen LogP contribution in [0.5, 0.6) is 0 Å². The van der Waals surface area contributed by atoms with E-state index in [0.29, 0.717) is 18.0 Å². The molecule has 0 aliphatic rings. The molecule has 110 valence electrons. The molecule has 1 amide bonds. The lowest BCUT2D eigenvalue weighted by Crippen LogP contribution is -2.28. The van der Waals surface area contributed by atoms with Gasteiger partial charge in [-0.15, -0.1) is 0 Å². The molecule has 1 unspecified atom stereocenters. The van der Waals surface area contributed by atoms with E-state index in [1.54, 1.807) is 19.1 Å². The standard InChI is InChI=1S/C17H20N2O2/c1-13(21-12-11-14-7-3-2-4-8-14)17(20)19-16-10-6-5-9-15(16)18/h2-10,13H,11-12,18H2,1H3,(H,19,20). The van der Waals surface area contributed by atoms with Crippen LogP contribution >= 0.6 is 0 Å². The zero-order valence-electron chi connectivity index (χ0n) is 12.1. The molecule has 4 heteroatoms. The number of para-hydroxylation sites is 2. The zero-order valence-corrected chi connectivity index (χ0v) is 12.1. The van der Waals surface area contributed by atoms with Gasteiger partial charge in [0.1, 0.15) is 6.10 Å². The summed E-state index contributed by atoms with van der Waals surface area (Å²) in [5.41, 5.74) is 8.14. The molecule has 4 nitrogen and oxygen atoms in total. The second-order valence-corrected chi connectivity index (χ2v) is 4.83. The van der Waals surface area contributed by atoms with Crippen molar-refractivity contribution < 1.29 is 9.53 Å². The van der Waals surface area contributed by atoms with Crippen molar-refractivity contribution in [3.8, 4) is 0 Å². The predicted molar refractivity (Wildman–Crippen MR) is 85.0 cm³/mol. The molecule has 0 heterocycles. The van der Waals surface area contributed by atoms with Crippen LogP contribution in [0.4, 0.5) is 11.4 Å². The third kappa shape index (κ3) is 4.61. The number of rotatable bonds is 6. The Bertz CT molecular complexity index is 584. The summed E-state index contributed by atoms with van der Waals surface area (Å²) < 4.78 is 5.57. The molecule has 0 aliphatic heterocycles. The maximum atomic E-state index is 12.0. The molecular weight excluding hydrogens is 264 g/mol. The van der Waals surface area contributed by atoms with Crippen molar-refractivity contribution in [2.75, 3.05) is 17.7 Å². The average molecular weight is 284 g/mol. The van der Waals surface area contributed by atoms with Gasteiger partial charge in [0.25, 0.3) is 5.91 Å². The van der Waals surface area contributed by atoms with Crippen molar-refractivity contribution in [2.45, 2.75) is 19.4 Å². The quantitative estimate of drug-likeness (QED) is 0.802. The number of carbonyl (C=O) groups is 1. The minimum atomic E-state index is -0.520. The number of nitrogen functional groups attached to an aromatic ring is 1. The summed E-state index contributed by atoms with van der Waals surface area (Å²) in [4.78, 5) is 12.0. The van der Waals surface area contributed by atoms with Gasteiger partial charge >= 0.3 is 0 Å². The highest BCUT2D eigenvalue weighted by atomic mass is 16.5. The minimum absolute atomic E-state index is 0.194. The molecule has 0 spiro atoms. The van der Waals surface area contributed by atoms with Gasteiger partial charge in [0.15, 0.2) is 0 Å². The van der Waals surface area contributed by atoms with Crippen LogP contribution in [-0.4, -0.2) is 18.6 Å². The first-order valence-electron chi connectivity index (χ1n) is 6.97. The summed E-state index contributed by atoms with van der Waals surface area (Å²) in [6.45, 7) is 2.24. The molecule has 0 radical (unpaired) electrons. The number of anilines is 2. The lowest BCUT2D eigenvalue weighted by Gasteiger charge is -2.14. The van der Waals surface area contributed by atoms with Gasteiger partial charge in [0.05, 0.1) is 18.0 Å². The Kier molecular flexibility index (Phi) is 5.35. The summed E-state index contributed by atoms with van der Waals surface area (Å²) in [5, 5.41) is 2.77. The molecule has 3 N–H and O–H groups in total. The molecule has 0 bridgehead atoms. The number of ether oxygens (including phenoxy) is 1. The molecule has 21 heavy (non-hydrogen) atoms. The molecule has 1 atom stereocenters. The van der Waals surface area contributed by atoms with Crippen LogP contribution in [0.25, 0.3) is 0 Å². The number of nitrogens with one attached hydrogen (secondary N) is 1. The number of carbonyl (C=O) groups excluding carboxylic acids is 1. The van der Waals surface area contributed by atoms with Crippen LogP contribution < -0.4 is 11.1 Å². The fourth-order valence-electron chi connectivity index (χ4n) is 1.92. The zero-order chi connectivity index (χ0) is 15.1. The average Bonchev–Trinajstić information content (AvgIpc) is 2.50. The molecule has 2 aromatic carbocycles. The normalized spacial score (nSPS) is 11.9. The Labute approximate surface area is 124 Å². The van der Waals surface area contributed by atoms with E-state index in [-0.39, 0.29) is 5.91 Å². The van der Waals surface area contributed by atoms with Gasteiger partial charge in [-0.05, 0) is 31.0 Å². The van der Waals surface area contributed by atoms with E-state index in [0.717, 1.165) is 6.42 Å².